The lowest BCUT2D eigenvalue weighted by Crippen LogP contribution is -2.45. The van der Waals surface area contributed by atoms with Crippen LogP contribution in [0, 0.1) is 0 Å². The number of nitrogens with zero attached hydrogens (tertiary/aromatic N) is 1. The predicted molar refractivity (Wildman–Crippen MR) is 116 cm³/mol. The molecule has 7 nitrogen and oxygen atoms in total. The van der Waals surface area contributed by atoms with E-state index < -0.39 is 22.0 Å². The van der Waals surface area contributed by atoms with E-state index in [-0.39, 0.29) is 10.7 Å². The molecule has 1 N–H and O–H groups in total. The number of benzene rings is 2. The smallest absolute Gasteiger partial charge is 0.247 e. The van der Waals surface area contributed by atoms with Gasteiger partial charge in [0.05, 0.1) is 24.1 Å². The number of hydrogen-bond donors (Lipinski definition) is 1. The molecular formula is C20H23ClN2O5S. The molecule has 156 valence electrons. The molecule has 1 atom stereocenters. The van der Waals surface area contributed by atoms with Crippen molar-refractivity contribution in [2.45, 2.75) is 13.0 Å². The molecule has 0 aromatic heterocycles. The quantitative estimate of drug-likeness (QED) is 0.603. The maximum Gasteiger partial charge on any atom is 0.247 e. The second-order valence-electron chi connectivity index (χ2n) is 6.17. The van der Waals surface area contributed by atoms with Crippen LogP contribution in [0.15, 0.2) is 55.1 Å². The van der Waals surface area contributed by atoms with Gasteiger partial charge in [0.2, 0.25) is 15.9 Å². The van der Waals surface area contributed by atoms with Crippen molar-refractivity contribution in [3.63, 3.8) is 0 Å². The fourth-order valence-corrected chi connectivity index (χ4v) is 4.09. The number of hydrogen-bond acceptors (Lipinski definition) is 5. The van der Waals surface area contributed by atoms with Crippen LogP contribution in [-0.4, -0.2) is 40.3 Å². The van der Waals surface area contributed by atoms with Gasteiger partial charge in [-0.25, -0.2) is 8.42 Å². The van der Waals surface area contributed by atoms with E-state index in [0.717, 1.165) is 10.6 Å². The van der Waals surface area contributed by atoms with Crippen LogP contribution in [0.5, 0.6) is 11.5 Å². The molecule has 0 fully saturated rings. The number of carbonyl (C=O) groups is 1. The molecule has 1 amide bonds. The fraction of sp³-hybridized carbons (Fsp3) is 0.250. The molecule has 0 unspecified atom stereocenters. The van der Waals surface area contributed by atoms with Crippen LogP contribution in [-0.2, 0) is 14.8 Å². The number of nitrogens with one attached hydrogen (secondary N) is 1. The minimum Gasteiger partial charge on any atom is -0.495 e. The van der Waals surface area contributed by atoms with Crippen molar-refractivity contribution < 1.29 is 22.7 Å². The molecule has 9 heteroatoms. The summed E-state index contributed by atoms with van der Waals surface area (Å²) in [6, 6.07) is 10.3. The van der Waals surface area contributed by atoms with Crippen LogP contribution >= 0.6 is 11.6 Å². The highest BCUT2D eigenvalue weighted by Gasteiger charge is 2.29. The van der Waals surface area contributed by atoms with Crippen molar-refractivity contribution in [3.8, 4) is 11.5 Å². The van der Waals surface area contributed by atoms with Crippen molar-refractivity contribution in [1.82, 2.24) is 0 Å². The monoisotopic (exact) mass is 438 g/mol. The highest BCUT2D eigenvalue weighted by atomic mass is 35.5. The maximum atomic E-state index is 12.8. The molecule has 2 rings (SSSR count). The molecule has 0 spiro atoms. The molecular weight excluding hydrogens is 416 g/mol. The number of sulfonamides is 1. The van der Waals surface area contributed by atoms with Gasteiger partial charge in [0.25, 0.3) is 0 Å². The Hall–Kier alpha value is -2.71. The first-order valence-corrected chi connectivity index (χ1v) is 10.9. The minimum atomic E-state index is -3.77. The summed E-state index contributed by atoms with van der Waals surface area (Å²) in [6.07, 6.45) is 2.63. The number of halogens is 1. The van der Waals surface area contributed by atoms with Crippen LogP contribution in [0.4, 0.5) is 11.4 Å². The highest BCUT2D eigenvalue weighted by molar-refractivity contribution is 7.92. The third kappa shape index (κ3) is 5.88. The van der Waals surface area contributed by atoms with Gasteiger partial charge in [0.15, 0.2) is 0 Å². The zero-order chi connectivity index (χ0) is 21.6. The van der Waals surface area contributed by atoms with Gasteiger partial charge in [0.1, 0.15) is 24.1 Å². The Morgan fingerprint density at radius 1 is 1.31 bits per heavy atom. The van der Waals surface area contributed by atoms with Crippen LogP contribution in [0.3, 0.4) is 0 Å². The number of methoxy groups -OCH3 is 1. The first kappa shape index (κ1) is 22.6. The van der Waals surface area contributed by atoms with Gasteiger partial charge in [-0.1, -0.05) is 30.3 Å². The van der Waals surface area contributed by atoms with Crippen molar-refractivity contribution in [3.05, 3.63) is 60.1 Å². The molecule has 0 saturated carbocycles. The SMILES string of the molecule is C=CCOc1cccc(NC(=O)[C@H](C)N(c2ccc(OC)c(Cl)c2)S(C)(=O)=O)c1. The van der Waals surface area contributed by atoms with E-state index in [1.165, 1.54) is 26.2 Å². The Bertz CT molecular complexity index is 994. The normalized spacial score (nSPS) is 12.0. The standard InChI is InChI=1S/C20H23ClN2O5S/c1-5-11-28-17-8-6-7-15(12-17)22-20(24)14(2)23(29(4,25)26)16-9-10-19(27-3)18(21)13-16/h5-10,12-14H,1,11H2,2-4H3,(H,22,24)/t14-/m0/s1. The van der Waals surface area contributed by atoms with Crippen LogP contribution in [0.2, 0.25) is 5.02 Å². The minimum absolute atomic E-state index is 0.235. The van der Waals surface area contributed by atoms with Gasteiger partial charge in [-0.15, -0.1) is 0 Å². The summed E-state index contributed by atoms with van der Waals surface area (Å²) >= 11 is 6.13. The Morgan fingerprint density at radius 3 is 2.62 bits per heavy atom. The number of ether oxygens (including phenoxy) is 2. The van der Waals surface area contributed by atoms with Crippen molar-refractivity contribution in [1.29, 1.82) is 0 Å². The molecule has 0 saturated heterocycles. The molecule has 0 bridgehead atoms. The topological polar surface area (TPSA) is 84.9 Å². The van der Waals surface area contributed by atoms with E-state index in [1.807, 2.05) is 0 Å². The highest BCUT2D eigenvalue weighted by Crippen LogP contribution is 2.31. The molecule has 0 aliphatic heterocycles. The van der Waals surface area contributed by atoms with Gasteiger partial charge >= 0.3 is 0 Å². The lowest BCUT2D eigenvalue weighted by Gasteiger charge is -2.28. The average Bonchev–Trinajstić information content (AvgIpc) is 2.65. The van der Waals surface area contributed by atoms with Crippen LogP contribution in [0.25, 0.3) is 0 Å². The van der Waals surface area contributed by atoms with Crippen molar-refractivity contribution in [2.24, 2.45) is 0 Å². The van der Waals surface area contributed by atoms with Gasteiger partial charge in [-0.2, -0.15) is 0 Å². The third-order valence-electron chi connectivity index (χ3n) is 3.95. The van der Waals surface area contributed by atoms with Crippen LogP contribution in [0.1, 0.15) is 6.92 Å². The van der Waals surface area contributed by atoms with Crippen molar-refractivity contribution in [2.75, 3.05) is 29.6 Å². The molecule has 0 aliphatic carbocycles. The maximum absolute atomic E-state index is 12.8. The zero-order valence-electron chi connectivity index (χ0n) is 16.4. The Labute approximate surface area is 175 Å². The van der Waals surface area contributed by atoms with E-state index >= 15 is 0 Å². The number of anilines is 2. The third-order valence-corrected chi connectivity index (χ3v) is 5.48. The molecule has 29 heavy (non-hydrogen) atoms. The number of carbonyl (C=O) groups excluding carboxylic acids is 1. The van der Waals surface area contributed by atoms with E-state index in [9.17, 15) is 13.2 Å². The van der Waals surface area contributed by atoms with Crippen molar-refractivity contribution >= 4 is 38.9 Å². The first-order valence-electron chi connectivity index (χ1n) is 8.65. The first-order chi connectivity index (χ1) is 13.7. The fourth-order valence-electron chi connectivity index (χ4n) is 2.67. The van der Waals surface area contributed by atoms with E-state index in [0.29, 0.717) is 23.8 Å². The summed E-state index contributed by atoms with van der Waals surface area (Å²) < 4.78 is 36.4. The largest absolute Gasteiger partial charge is 0.495 e. The Balaban J connectivity index is 2.28. The molecule has 2 aromatic rings. The molecule has 0 radical (unpaired) electrons. The summed E-state index contributed by atoms with van der Waals surface area (Å²) in [5.41, 5.74) is 0.730. The van der Waals surface area contributed by atoms with E-state index in [2.05, 4.69) is 11.9 Å². The van der Waals surface area contributed by atoms with Crippen LogP contribution < -0.4 is 19.1 Å². The zero-order valence-corrected chi connectivity index (χ0v) is 18.0. The molecule has 0 aliphatic rings. The summed E-state index contributed by atoms with van der Waals surface area (Å²) in [5, 5.41) is 2.94. The van der Waals surface area contributed by atoms with Gasteiger partial charge in [-0.3, -0.25) is 9.10 Å². The molecule has 0 heterocycles. The lowest BCUT2D eigenvalue weighted by molar-refractivity contribution is -0.116. The van der Waals surface area contributed by atoms with Gasteiger partial charge in [0, 0.05) is 11.8 Å². The second-order valence-corrected chi connectivity index (χ2v) is 8.44. The Kier molecular flexibility index (Phi) is 7.53. The summed E-state index contributed by atoms with van der Waals surface area (Å²) in [4.78, 5) is 12.8. The summed E-state index contributed by atoms with van der Waals surface area (Å²) in [6.45, 7) is 5.40. The average molecular weight is 439 g/mol. The molecule has 2 aromatic carbocycles. The van der Waals surface area contributed by atoms with E-state index in [4.69, 9.17) is 21.1 Å². The lowest BCUT2D eigenvalue weighted by atomic mass is 10.2. The van der Waals surface area contributed by atoms with E-state index in [1.54, 1.807) is 36.4 Å². The summed E-state index contributed by atoms with van der Waals surface area (Å²) in [5.74, 6) is 0.442. The Morgan fingerprint density at radius 2 is 2.03 bits per heavy atom. The number of amides is 1. The second kappa shape index (κ2) is 9.67. The predicted octanol–water partition coefficient (Wildman–Crippen LogP) is 3.71. The van der Waals surface area contributed by atoms with Gasteiger partial charge < -0.3 is 14.8 Å². The van der Waals surface area contributed by atoms with Gasteiger partial charge in [-0.05, 0) is 37.3 Å². The summed E-state index contributed by atoms with van der Waals surface area (Å²) in [7, 11) is -2.32. The number of rotatable bonds is 9.